The third-order valence-electron chi connectivity index (χ3n) is 6.33. The molecule has 6 rings (SSSR count). The van der Waals surface area contributed by atoms with Gasteiger partial charge in [0, 0.05) is 35.1 Å². The number of ether oxygens (including phenoxy) is 1. The zero-order chi connectivity index (χ0) is 24.8. The highest BCUT2D eigenvalue weighted by atomic mass is 19.1. The van der Waals surface area contributed by atoms with Crippen molar-refractivity contribution >= 4 is 22.4 Å². The Hall–Kier alpha value is -4.79. The molecule has 9 heteroatoms. The van der Waals surface area contributed by atoms with Crippen LogP contribution in [0.25, 0.3) is 39.2 Å². The number of benzene rings is 1. The Kier molecular flexibility index (Phi) is 5.10. The Morgan fingerprint density at radius 3 is 2.67 bits per heavy atom. The summed E-state index contributed by atoms with van der Waals surface area (Å²) in [6.45, 7) is 2.04. The van der Waals surface area contributed by atoms with E-state index in [1.165, 1.54) is 25.6 Å². The zero-order valence-corrected chi connectivity index (χ0v) is 19.6. The van der Waals surface area contributed by atoms with Crippen molar-refractivity contribution in [2.24, 2.45) is 0 Å². The molecule has 0 aliphatic heterocycles. The molecule has 178 valence electrons. The fraction of sp³-hybridized carbons (Fsp3) is 0.111. The molecule has 0 bridgehead atoms. The van der Waals surface area contributed by atoms with Gasteiger partial charge in [-0.05, 0) is 49.4 Å². The van der Waals surface area contributed by atoms with E-state index in [9.17, 15) is 4.39 Å². The molecule has 8 nitrogen and oxygen atoms in total. The van der Waals surface area contributed by atoms with E-state index in [0.717, 1.165) is 22.5 Å². The summed E-state index contributed by atoms with van der Waals surface area (Å²) in [5.74, 6) is 0.211. The molecule has 0 radical (unpaired) electrons. The van der Waals surface area contributed by atoms with Crippen molar-refractivity contribution in [3.63, 3.8) is 0 Å². The van der Waals surface area contributed by atoms with Gasteiger partial charge in [-0.3, -0.25) is 4.98 Å². The van der Waals surface area contributed by atoms with Crippen LogP contribution in [0.15, 0.2) is 79.4 Å². The van der Waals surface area contributed by atoms with Crippen LogP contribution in [0.2, 0.25) is 0 Å². The van der Waals surface area contributed by atoms with Crippen molar-refractivity contribution in [1.82, 2.24) is 29.1 Å². The minimum absolute atomic E-state index is 0.261. The molecular formula is C27H22FN7O. The number of rotatable bonds is 5. The molecule has 0 fully saturated rings. The first-order chi connectivity index (χ1) is 17.5. The van der Waals surface area contributed by atoms with Crippen LogP contribution in [-0.4, -0.2) is 36.2 Å². The van der Waals surface area contributed by atoms with E-state index >= 15 is 0 Å². The zero-order valence-electron chi connectivity index (χ0n) is 19.6. The van der Waals surface area contributed by atoms with E-state index in [-0.39, 0.29) is 11.9 Å². The Morgan fingerprint density at radius 2 is 1.86 bits per heavy atom. The van der Waals surface area contributed by atoms with Crippen LogP contribution in [0.5, 0.6) is 5.75 Å². The lowest BCUT2D eigenvalue weighted by Gasteiger charge is -2.15. The number of halogens is 1. The summed E-state index contributed by atoms with van der Waals surface area (Å²) < 4.78 is 23.6. The summed E-state index contributed by atoms with van der Waals surface area (Å²) in [6, 6.07) is 18.2. The van der Waals surface area contributed by atoms with Crippen molar-refractivity contribution in [2.75, 3.05) is 12.8 Å². The molecular weight excluding hydrogens is 457 g/mol. The average Bonchev–Trinajstić information content (AvgIpc) is 3.48. The third kappa shape index (κ3) is 3.44. The maximum Gasteiger partial charge on any atom is 0.164 e. The summed E-state index contributed by atoms with van der Waals surface area (Å²) >= 11 is 0. The Labute approximate surface area is 205 Å². The molecule has 5 heterocycles. The Bertz CT molecular complexity index is 1730. The summed E-state index contributed by atoms with van der Waals surface area (Å²) in [7, 11) is 1.49. The topological polar surface area (TPSA) is 96.1 Å². The van der Waals surface area contributed by atoms with Gasteiger partial charge in [0.25, 0.3) is 0 Å². The molecule has 1 atom stereocenters. The van der Waals surface area contributed by atoms with Crippen molar-refractivity contribution in [3.05, 3.63) is 90.8 Å². The van der Waals surface area contributed by atoms with Gasteiger partial charge in [0.2, 0.25) is 0 Å². The molecule has 1 aromatic carbocycles. The minimum atomic E-state index is -0.438. The molecule has 0 aliphatic rings. The lowest BCUT2D eigenvalue weighted by molar-refractivity contribution is 0.411. The quantitative estimate of drug-likeness (QED) is 0.368. The fourth-order valence-electron chi connectivity index (χ4n) is 4.65. The van der Waals surface area contributed by atoms with Gasteiger partial charge in [-0.1, -0.05) is 12.1 Å². The average molecular weight is 480 g/mol. The molecule has 0 aliphatic carbocycles. The van der Waals surface area contributed by atoms with E-state index < -0.39 is 5.82 Å². The Morgan fingerprint density at radius 1 is 1.00 bits per heavy atom. The van der Waals surface area contributed by atoms with Gasteiger partial charge in [-0.25, -0.2) is 19.0 Å². The van der Waals surface area contributed by atoms with E-state index in [2.05, 4.69) is 31.5 Å². The second-order valence-corrected chi connectivity index (χ2v) is 8.47. The molecule has 36 heavy (non-hydrogen) atoms. The van der Waals surface area contributed by atoms with Crippen LogP contribution in [-0.2, 0) is 0 Å². The molecule has 0 spiro atoms. The number of pyridine rings is 2. The van der Waals surface area contributed by atoms with Crippen LogP contribution in [0.4, 0.5) is 10.2 Å². The maximum atomic E-state index is 14.4. The first-order valence-electron chi connectivity index (χ1n) is 11.4. The number of aromatic nitrogens is 6. The molecule has 0 amide bonds. The molecule has 0 saturated carbocycles. The van der Waals surface area contributed by atoms with Gasteiger partial charge in [0.1, 0.15) is 29.4 Å². The van der Waals surface area contributed by atoms with Crippen molar-refractivity contribution in [3.8, 4) is 28.4 Å². The summed E-state index contributed by atoms with van der Waals surface area (Å²) in [5.41, 5.74) is 11.7. The number of nitrogens with zero attached hydrogens (tertiary/aromatic N) is 6. The third-order valence-corrected chi connectivity index (χ3v) is 6.33. The molecule has 5 aromatic heterocycles. The van der Waals surface area contributed by atoms with Gasteiger partial charge in [0.05, 0.1) is 29.9 Å². The van der Waals surface area contributed by atoms with Gasteiger partial charge in [-0.2, -0.15) is 5.10 Å². The highest BCUT2D eigenvalue weighted by Gasteiger charge is 2.25. The van der Waals surface area contributed by atoms with E-state index in [1.54, 1.807) is 16.9 Å². The monoisotopic (exact) mass is 479 g/mol. The Balaban J connectivity index is 1.60. The van der Waals surface area contributed by atoms with Crippen molar-refractivity contribution in [1.29, 1.82) is 0 Å². The number of nitrogens with two attached hydrogens (primary N) is 1. The number of nitrogen functional groups attached to an aromatic ring is 1. The molecule has 2 N–H and O–H groups in total. The minimum Gasteiger partial charge on any atom is -0.497 e. The predicted molar refractivity (Wildman–Crippen MR) is 136 cm³/mol. The van der Waals surface area contributed by atoms with E-state index in [4.69, 9.17) is 15.6 Å². The van der Waals surface area contributed by atoms with Crippen LogP contribution in [0, 0.1) is 5.82 Å². The fourth-order valence-corrected chi connectivity index (χ4v) is 4.65. The van der Waals surface area contributed by atoms with Gasteiger partial charge >= 0.3 is 0 Å². The van der Waals surface area contributed by atoms with Crippen molar-refractivity contribution in [2.45, 2.75) is 13.0 Å². The van der Waals surface area contributed by atoms with Crippen LogP contribution in [0.1, 0.15) is 18.5 Å². The highest BCUT2D eigenvalue weighted by molar-refractivity contribution is 5.98. The first kappa shape index (κ1) is 21.7. The van der Waals surface area contributed by atoms with Gasteiger partial charge in [-0.15, -0.1) is 0 Å². The number of hydrogen-bond acceptors (Lipinski definition) is 6. The number of methoxy groups -OCH3 is 1. The number of fused-ring (bicyclic) bond motifs is 2. The molecule has 6 aromatic rings. The SMILES string of the molecule is COc1cc(F)cc(-c2nn(C(C)c3cc4ccccn4c3-c3ccccn3)c3ncnc(N)c23)c1. The standard InChI is InChI=1S/C27H22FN7O/c1-16(21-14-19-7-4-6-10-34(19)25(21)22-8-3-5-9-30-22)35-27-23(26(29)31-15-32-27)24(33-35)17-11-18(28)13-20(12-17)36-2/h3-16H,1-2H3,(H2,29,31,32). The summed E-state index contributed by atoms with van der Waals surface area (Å²) in [5, 5.41) is 5.46. The summed E-state index contributed by atoms with van der Waals surface area (Å²) in [6.07, 6.45) is 5.20. The van der Waals surface area contributed by atoms with Crippen LogP contribution < -0.4 is 10.5 Å². The molecule has 1 unspecified atom stereocenters. The summed E-state index contributed by atoms with van der Waals surface area (Å²) in [4.78, 5) is 13.3. The lowest BCUT2D eigenvalue weighted by Crippen LogP contribution is -2.10. The predicted octanol–water partition coefficient (Wildman–Crippen LogP) is 5.15. The maximum absolute atomic E-state index is 14.4. The van der Waals surface area contributed by atoms with Gasteiger partial charge < -0.3 is 14.9 Å². The van der Waals surface area contributed by atoms with Crippen LogP contribution in [0.3, 0.4) is 0 Å². The van der Waals surface area contributed by atoms with E-state index in [0.29, 0.717) is 28.0 Å². The highest BCUT2D eigenvalue weighted by Crippen LogP contribution is 2.37. The van der Waals surface area contributed by atoms with Crippen LogP contribution >= 0.6 is 0 Å². The number of anilines is 1. The van der Waals surface area contributed by atoms with Crippen molar-refractivity contribution < 1.29 is 9.13 Å². The smallest absolute Gasteiger partial charge is 0.164 e. The first-order valence-corrected chi connectivity index (χ1v) is 11.4. The molecule has 0 saturated heterocycles. The second-order valence-electron chi connectivity index (χ2n) is 8.47. The largest absolute Gasteiger partial charge is 0.497 e. The van der Waals surface area contributed by atoms with Gasteiger partial charge in [0.15, 0.2) is 5.65 Å². The number of hydrogen-bond donors (Lipinski definition) is 1. The normalized spacial score (nSPS) is 12.3. The van der Waals surface area contributed by atoms with E-state index in [1.807, 2.05) is 43.5 Å². The second kappa shape index (κ2) is 8.46. The lowest BCUT2D eigenvalue weighted by atomic mass is 10.1.